The van der Waals surface area contributed by atoms with Gasteiger partial charge in [0.15, 0.2) is 0 Å². The van der Waals surface area contributed by atoms with E-state index in [1.807, 2.05) is 24.5 Å². The Morgan fingerprint density at radius 2 is 1.61 bits per heavy atom. The summed E-state index contributed by atoms with van der Waals surface area (Å²) in [6.07, 6.45) is 7.35. The molecule has 0 atom stereocenters. The molecule has 8 heteroatoms. The summed E-state index contributed by atoms with van der Waals surface area (Å²) in [5.41, 5.74) is 5.97. The molecule has 1 aliphatic heterocycles. The highest BCUT2D eigenvalue weighted by Crippen LogP contribution is 2.48. The van der Waals surface area contributed by atoms with Crippen molar-refractivity contribution < 1.29 is 9.30 Å². The van der Waals surface area contributed by atoms with Gasteiger partial charge in [-0.25, -0.2) is 0 Å². The van der Waals surface area contributed by atoms with Gasteiger partial charge in [-0.3, -0.25) is 9.36 Å². The van der Waals surface area contributed by atoms with Crippen molar-refractivity contribution >= 4 is 52.3 Å². The van der Waals surface area contributed by atoms with Crippen molar-refractivity contribution in [3.8, 4) is 27.4 Å². The summed E-state index contributed by atoms with van der Waals surface area (Å²) in [6, 6.07) is 25.6. The summed E-state index contributed by atoms with van der Waals surface area (Å²) >= 11 is 5.11. The molecule has 0 aliphatic carbocycles. The Morgan fingerprint density at radius 1 is 0.891 bits per heavy atom. The van der Waals surface area contributed by atoms with Gasteiger partial charge in [0.05, 0.1) is 27.9 Å². The number of ether oxygens (including phenoxy) is 1. The van der Waals surface area contributed by atoms with E-state index in [1.54, 1.807) is 34.4 Å². The summed E-state index contributed by atoms with van der Waals surface area (Å²) in [7, 11) is 0. The van der Waals surface area contributed by atoms with Gasteiger partial charge in [0.25, 0.3) is 10.6 Å². The Kier molecular flexibility index (Phi) is 9.97. The third-order valence-electron chi connectivity index (χ3n) is 8.01. The summed E-state index contributed by atoms with van der Waals surface area (Å²) in [4.78, 5) is 18.5. The second-order valence-electron chi connectivity index (χ2n) is 11.0. The lowest BCUT2D eigenvalue weighted by Crippen LogP contribution is -2.36. The zero-order valence-electron chi connectivity index (χ0n) is 27.1. The van der Waals surface area contributed by atoms with Crippen LogP contribution < -0.4 is 29.0 Å². The van der Waals surface area contributed by atoms with Gasteiger partial charge in [-0.2, -0.15) is 4.57 Å². The van der Waals surface area contributed by atoms with Crippen LogP contribution in [-0.2, 0) is 13.1 Å². The van der Waals surface area contributed by atoms with Crippen molar-refractivity contribution in [1.82, 2.24) is 4.57 Å². The van der Waals surface area contributed by atoms with Gasteiger partial charge in [0.2, 0.25) is 5.69 Å². The first kappa shape index (κ1) is 32.1. The molecule has 0 spiro atoms. The maximum atomic E-state index is 13.7. The number of nitrogens with zero attached hydrogens (tertiary/aromatic N) is 3. The fourth-order valence-electron chi connectivity index (χ4n) is 5.86. The zero-order chi connectivity index (χ0) is 32.2. The molecule has 0 amide bonds. The molecule has 2 aromatic heterocycles. The smallest absolute Gasteiger partial charge is 0.269 e. The SMILES string of the molecule is CCCN1C(=C/C=c2/sc(=Cc3sc(-c4ccccc4)c(-c4ccccc4)[n+]3CC)n(CC)c2=O)Sc2cc(C)c(OCC)cc21. The normalized spacial score (nSPS) is 14.5. The van der Waals surface area contributed by atoms with Gasteiger partial charge in [0.1, 0.15) is 21.8 Å². The first-order valence-corrected chi connectivity index (χ1v) is 18.5. The number of thiazole rings is 2. The van der Waals surface area contributed by atoms with Gasteiger partial charge in [0, 0.05) is 29.6 Å². The number of aromatic nitrogens is 2. The molecule has 0 saturated heterocycles. The van der Waals surface area contributed by atoms with Crippen LogP contribution in [0.1, 0.15) is 44.7 Å². The molecule has 3 heterocycles. The quantitative estimate of drug-likeness (QED) is 0.143. The van der Waals surface area contributed by atoms with Crippen molar-refractivity contribution in [2.24, 2.45) is 0 Å². The minimum Gasteiger partial charge on any atom is -0.494 e. The lowest BCUT2D eigenvalue weighted by atomic mass is 10.1. The second kappa shape index (κ2) is 14.3. The summed E-state index contributed by atoms with van der Waals surface area (Å²) < 4.78 is 11.9. The van der Waals surface area contributed by atoms with Crippen LogP contribution >= 0.6 is 34.4 Å². The molecule has 46 heavy (non-hydrogen) atoms. The molecular formula is C38H40N3O2S3+. The Hall–Kier alpha value is -3.85. The van der Waals surface area contributed by atoms with Gasteiger partial charge in [-0.15, -0.1) is 11.3 Å². The Balaban J connectivity index is 1.46. The zero-order valence-corrected chi connectivity index (χ0v) is 29.5. The largest absolute Gasteiger partial charge is 0.494 e. The van der Waals surface area contributed by atoms with E-state index in [2.05, 4.69) is 115 Å². The first-order valence-electron chi connectivity index (χ1n) is 16.0. The van der Waals surface area contributed by atoms with Crippen LogP contribution in [0.25, 0.3) is 33.9 Å². The predicted octanol–water partition coefficient (Wildman–Crippen LogP) is 7.81. The van der Waals surface area contributed by atoms with E-state index < -0.39 is 0 Å². The fraction of sp³-hybridized carbons (Fsp3) is 0.263. The Morgan fingerprint density at radius 3 is 2.26 bits per heavy atom. The van der Waals surface area contributed by atoms with Gasteiger partial charge in [-0.1, -0.05) is 78.6 Å². The van der Waals surface area contributed by atoms with Crippen molar-refractivity contribution in [2.75, 3.05) is 18.1 Å². The molecule has 1 aliphatic rings. The molecule has 6 rings (SSSR count). The molecule has 0 N–H and O–H groups in total. The van der Waals surface area contributed by atoms with E-state index in [4.69, 9.17) is 4.74 Å². The topological polar surface area (TPSA) is 38.4 Å². The highest BCUT2D eigenvalue weighted by Gasteiger charge is 2.28. The average Bonchev–Trinajstić information content (AvgIpc) is 3.71. The number of fused-ring (bicyclic) bond motifs is 1. The van der Waals surface area contributed by atoms with Crippen LogP contribution in [-0.4, -0.2) is 17.7 Å². The summed E-state index contributed by atoms with van der Waals surface area (Å²) in [6.45, 7) is 13.5. The lowest BCUT2D eigenvalue weighted by Gasteiger charge is -2.20. The average molecular weight is 667 g/mol. The maximum Gasteiger partial charge on any atom is 0.269 e. The van der Waals surface area contributed by atoms with Crippen molar-refractivity contribution in [1.29, 1.82) is 0 Å². The first-order chi connectivity index (χ1) is 22.5. The Labute approximate surface area is 283 Å². The highest BCUT2D eigenvalue weighted by atomic mass is 32.2. The predicted molar refractivity (Wildman–Crippen MR) is 197 cm³/mol. The van der Waals surface area contributed by atoms with E-state index in [0.29, 0.717) is 13.2 Å². The van der Waals surface area contributed by atoms with Crippen molar-refractivity contribution in [2.45, 2.75) is 59.0 Å². The minimum atomic E-state index is 0.0544. The molecule has 3 aromatic carbocycles. The van der Waals surface area contributed by atoms with Crippen LogP contribution in [0.2, 0.25) is 0 Å². The monoisotopic (exact) mass is 666 g/mol. The van der Waals surface area contributed by atoms with Crippen LogP contribution in [0.4, 0.5) is 5.69 Å². The van der Waals surface area contributed by atoms with E-state index in [0.717, 1.165) is 50.1 Å². The maximum absolute atomic E-state index is 13.7. The number of aryl methyl sites for hydroxylation is 1. The lowest BCUT2D eigenvalue weighted by molar-refractivity contribution is -0.679. The number of thioether (sulfide) groups is 1. The van der Waals surface area contributed by atoms with Crippen LogP contribution in [0.5, 0.6) is 5.75 Å². The summed E-state index contributed by atoms with van der Waals surface area (Å²) in [5.74, 6) is 0.932. The van der Waals surface area contributed by atoms with Crippen LogP contribution in [0.3, 0.4) is 0 Å². The van der Waals surface area contributed by atoms with Gasteiger partial charge < -0.3 is 9.64 Å². The molecule has 0 unspecified atom stereocenters. The van der Waals surface area contributed by atoms with Crippen LogP contribution in [0, 0.1) is 6.92 Å². The molecule has 236 valence electrons. The molecule has 5 nitrogen and oxygen atoms in total. The van der Waals surface area contributed by atoms with E-state index in [-0.39, 0.29) is 5.56 Å². The second-order valence-corrected chi connectivity index (χ2v) is 14.2. The number of hydrogen-bond donors (Lipinski definition) is 0. The molecule has 0 fully saturated rings. The standard InChI is InChI=1S/C38H40N3O2S3/c1-6-22-41-29-24-30(43-9-4)26(5)23-32(29)45-33(41)21-20-31-38(42)40(8-3)35(44-31)25-34-39(7-2)36(27-16-12-10-13-17-27)37(46-34)28-18-14-11-15-19-28/h10-21,23-25H,6-9,22H2,1-5H3/q+1/b31-20+,33-21?. The third kappa shape index (κ3) is 6.26. The molecule has 0 saturated carbocycles. The van der Waals surface area contributed by atoms with Gasteiger partial charge in [-0.05, 0) is 75.6 Å². The fourth-order valence-corrected chi connectivity index (χ4v) is 9.44. The van der Waals surface area contributed by atoms with Crippen molar-refractivity contribution in [3.05, 3.63) is 114 Å². The van der Waals surface area contributed by atoms with E-state index in [9.17, 15) is 4.79 Å². The number of rotatable bonds is 10. The molecule has 0 bridgehead atoms. The molecule has 5 aromatic rings. The Bertz CT molecular complexity index is 2060. The van der Waals surface area contributed by atoms with Crippen LogP contribution in [0.15, 0.2) is 93.6 Å². The highest BCUT2D eigenvalue weighted by molar-refractivity contribution is 8.03. The third-order valence-corrected chi connectivity index (χ3v) is 11.4. The minimum absolute atomic E-state index is 0.0544. The van der Waals surface area contributed by atoms with E-state index in [1.165, 1.54) is 32.3 Å². The number of anilines is 1. The summed E-state index contributed by atoms with van der Waals surface area (Å²) in [5, 5.41) is 2.26. The number of benzene rings is 3. The molecule has 0 radical (unpaired) electrons. The van der Waals surface area contributed by atoms with Gasteiger partial charge >= 0.3 is 0 Å². The van der Waals surface area contributed by atoms with E-state index >= 15 is 0 Å². The molecular weight excluding hydrogens is 627 g/mol. The number of allylic oxidation sites excluding steroid dienone is 1. The van der Waals surface area contributed by atoms with Crippen molar-refractivity contribution in [3.63, 3.8) is 0 Å². The number of hydrogen-bond acceptors (Lipinski definition) is 6.